The summed E-state index contributed by atoms with van der Waals surface area (Å²) in [4.78, 5) is 16.3. The van der Waals surface area contributed by atoms with Crippen molar-refractivity contribution in [1.29, 1.82) is 0 Å². The Morgan fingerprint density at radius 1 is 1.16 bits per heavy atom. The molecule has 1 aromatic heterocycles. The van der Waals surface area contributed by atoms with Crippen LogP contribution in [0, 0.1) is 13.8 Å². The van der Waals surface area contributed by atoms with Gasteiger partial charge in [-0.15, -0.1) is 0 Å². The summed E-state index contributed by atoms with van der Waals surface area (Å²) in [6.07, 6.45) is 6.18. The SMILES string of the molecule is CC(=O)C[C@@H]1COc2cc(C[C@@H]3CCc4c(-c5c(C)cc(OCCC(C)(C)O)cc5C)cccc43)cnc21. The van der Waals surface area contributed by atoms with Crippen LogP contribution in [0.3, 0.4) is 0 Å². The molecule has 2 aromatic carbocycles. The second-order valence-corrected chi connectivity index (χ2v) is 11.8. The van der Waals surface area contributed by atoms with Crippen molar-refractivity contribution in [3.8, 4) is 22.6 Å². The lowest BCUT2D eigenvalue weighted by molar-refractivity contribution is -0.117. The van der Waals surface area contributed by atoms with Crippen molar-refractivity contribution in [2.75, 3.05) is 13.2 Å². The van der Waals surface area contributed by atoms with Gasteiger partial charge in [0.2, 0.25) is 0 Å². The monoisotopic (exact) mass is 513 g/mol. The topological polar surface area (TPSA) is 68.7 Å². The van der Waals surface area contributed by atoms with Crippen LogP contribution in [0.1, 0.15) is 85.4 Å². The average Bonchev–Trinajstić information content (AvgIpc) is 3.42. The molecule has 0 amide bonds. The van der Waals surface area contributed by atoms with E-state index in [2.05, 4.69) is 50.2 Å². The molecule has 2 aliphatic rings. The van der Waals surface area contributed by atoms with Crippen molar-refractivity contribution in [3.63, 3.8) is 0 Å². The van der Waals surface area contributed by atoms with Gasteiger partial charge >= 0.3 is 0 Å². The van der Waals surface area contributed by atoms with Gasteiger partial charge in [-0.3, -0.25) is 4.98 Å². The number of nitrogens with zero attached hydrogens (tertiary/aromatic N) is 1. The van der Waals surface area contributed by atoms with E-state index in [-0.39, 0.29) is 11.7 Å². The van der Waals surface area contributed by atoms with Gasteiger partial charge in [0.1, 0.15) is 17.3 Å². The second-order valence-electron chi connectivity index (χ2n) is 11.8. The summed E-state index contributed by atoms with van der Waals surface area (Å²) >= 11 is 0. The van der Waals surface area contributed by atoms with Crippen molar-refractivity contribution in [2.24, 2.45) is 0 Å². The summed E-state index contributed by atoms with van der Waals surface area (Å²) in [7, 11) is 0. The second kappa shape index (κ2) is 10.5. The molecule has 0 unspecified atom stereocenters. The summed E-state index contributed by atoms with van der Waals surface area (Å²) in [5.74, 6) is 2.40. The molecule has 0 fully saturated rings. The van der Waals surface area contributed by atoms with Crippen molar-refractivity contribution in [2.45, 2.75) is 84.2 Å². The maximum absolute atomic E-state index is 11.6. The zero-order chi connectivity index (χ0) is 27.0. The molecule has 0 radical (unpaired) electrons. The lowest BCUT2D eigenvalue weighted by Gasteiger charge is -2.19. The Hall–Kier alpha value is -3.18. The number of hydrogen-bond donors (Lipinski definition) is 1. The maximum Gasteiger partial charge on any atom is 0.141 e. The average molecular weight is 514 g/mol. The Morgan fingerprint density at radius 2 is 1.92 bits per heavy atom. The molecule has 5 rings (SSSR count). The Morgan fingerprint density at radius 3 is 2.63 bits per heavy atom. The number of ether oxygens (including phenoxy) is 2. The van der Waals surface area contributed by atoms with Crippen LogP contribution < -0.4 is 9.47 Å². The zero-order valence-electron chi connectivity index (χ0n) is 23.3. The van der Waals surface area contributed by atoms with Crippen molar-refractivity contribution in [1.82, 2.24) is 4.98 Å². The van der Waals surface area contributed by atoms with E-state index in [4.69, 9.17) is 14.5 Å². The summed E-state index contributed by atoms with van der Waals surface area (Å²) in [6.45, 7) is 10.6. The Balaban J connectivity index is 1.35. The minimum Gasteiger partial charge on any atom is -0.493 e. The third-order valence-electron chi connectivity index (χ3n) is 7.93. The predicted molar refractivity (Wildman–Crippen MR) is 150 cm³/mol. The van der Waals surface area contributed by atoms with Gasteiger partial charge in [-0.25, -0.2) is 0 Å². The van der Waals surface area contributed by atoms with Crippen LogP contribution >= 0.6 is 0 Å². The van der Waals surface area contributed by atoms with Crippen LogP contribution in [-0.4, -0.2) is 34.7 Å². The molecule has 0 saturated carbocycles. The molecule has 38 heavy (non-hydrogen) atoms. The molecule has 2 atom stereocenters. The number of carbonyl (C=O) groups is 1. The fourth-order valence-corrected chi connectivity index (χ4v) is 6.12. The van der Waals surface area contributed by atoms with Crippen LogP contribution in [-0.2, 0) is 17.6 Å². The van der Waals surface area contributed by atoms with E-state index in [1.165, 1.54) is 38.9 Å². The summed E-state index contributed by atoms with van der Waals surface area (Å²) in [5.41, 5.74) is 9.31. The molecule has 200 valence electrons. The van der Waals surface area contributed by atoms with Gasteiger partial charge in [0.15, 0.2) is 0 Å². The highest BCUT2D eigenvalue weighted by atomic mass is 16.5. The van der Waals surface area contributed by atoms with Crippen LogP contribution in [0.15, 0.2) is 42.6 Å². The molecular formula is C33H39NO4. The van der Waals surface area contributed by atoms with Gasteiger partial charge in [0.05, 0.1) is 24.5 Å². The first-order valence-corrected chi connectivity index (χ1v) is 13.8. The number of aryl methyl sites for hydroxylation is 2. The number of rotatable bonds is 9. The number of pyridine rings is 1. The highest BCUT2D eigenvalue weighted by molar-refractivity contribution is 5.77. The number of benzene rings is 2. The van der Waals surface area contributed by atoms with Crippen molar-refractivity contribution < 1.29 is 19.4 Å². The fourth-order valence-electron chi connectivity index (χ4n) is 6.12. The van der Waals surface area contributed by atoms with Gasteiger partial charge in [0, 0.05) is 25.0 Å². The van der Waals surface area contributed by atoms with Gasteiger partial charge < -0.3 is 19.4 Å². The first-order valence-electron chi connectivity index (χ1n) is 13.8. The largest absolute Gasteiger partial charge is 0.493 e. The Kier molecular flexibility index (Phi) is 7.32. The van der Waals surface area contributed by atoms with Gasteiger partial charge in [0.25, 0.3) is 0 Å². The van der Waals surface area contributed by atoms with Crippen LogP contribution in [0.2, 0.25) is 0 Å². The highest BCUT2D eigenvalue weighted by Crippen LogP contribution is 2.43. The minimum absolute atomic E-state index is 0.0797. The number of aliphatic hydroxyl groups is 1. The quantitative estimate of drug-likeness (QED) is 0.348. The third kappa shape index (κ3) is 5.63. The number of aromatic nitrogens is 1. The molecular weight excluding hydrogens is 474 g/mol. The van der Waals surface area contributed by atoms with E-state index in [0.29, 0.717) is 32.0 Å². The van der Waals surface area contributed by atoms with E-state index in [1.54, 1.807) is 20.8 Å². The molecule has 3 aromatic rings. The lowest BCUT2D eigenvalue weighted by Crippen LogP contribution is -2.21. The highest BCUT2D eigenvalue weighted by Gasteiger charge is 2.29. The molecule has 0 spiro atoms. The first kappa shape index (κ1) is 26.4. The summed E-state index contributed by atoms with van der Waals surface area (Å²) in [5, 5.41) is 9.98. The van der Waals surface area contributed by atoms with Crippen molar-refractivity contribution in [3.05, 3.63) is 76.1 Å². The van der Waals surface area contributed by atoms with E-state index in [0.717, 1.165) is 36.5 Å². The number of hydrogen-bond acceptors (Lipinski definition) is 5. The van der Waals surface area contributed by atoms with Crippen LogP contribution in [0.5, 0.6) is 11.5 Å². The molecule has 1 N–H and O–H groups in total. The standard InChI is InChI=1S/C33H39NO4/c1-20-13-26(37-12-11-33(4,5)36)14-21(2)31(20)29-8-6-7-27-24(9-10-28(27)29)16-23-17-30-32(34-18-23)25(19-38-30)15-22(3)35/h6-8,13-14,17-18,24-25,36H,9-12,15-16,19H2,1-5H3/t24-,25+/m0/s1. The van der Waals surface area contributed by atoms with Crippen LogP contribution in [0.4, 0.5) is 0 Å². The maximum atomic E-state index is 11.6. The smallest absolute Gasteiger partial charge is 0.141 e. The molecule has 5 heteroatoms. The van der Waals surface area contributed by atoms with Crippen molar-refractivity contribution >= 4 is 5.78 Å². The zero-order valence-corrected chi connectivity index (χ0v) is 23.3. The summed E-state index contributed by atoms with van der Waals surface area (Å²) < 4.78 is 11.9. The van der Waals surface area contributed by atoms with Crippen LogP contribution in [0.25, 0.3) is 11.1 Å². The molecule has 0 bridgehead atoms. The number of fused-ring (bicyclic) bond motifs is 2. The van der Waals surface area contributed by atoms with Gasteiger partial charge in [-0.2, -0.15) is 0 Å². The number of carbonyl (C=O) groups excluding carboxylic acids is 1. The molecule has 1 aliphatic heterocycles. The van der Waals surface area contributed by atoms with E-state index in [9.17, 15) is 9.90 Å². The molecule has 1 aliphatic carbocycles. The fraction of sp³-hybridized carbons (Fsp3) is 0.455. The minimum atomic E-state index is -0.730. The molecule has 0 saturated heterocycles. The normalized spacial score (nSPS) is 18.2. The van der Waals surface area contributed by atoms with E-state index >= 15 is 0 Å². The summed E-state index contributed by atoms with van der Waals surface area (Å²) in [6, 6.07) is 13.1. The Labute approximate surface area is 226 Å². The third-order valence-corrected chi connectivity index (χ3v) is 7.93. The Bertz CT molecular complexity index is 1330. The lowest BCUT2D eigenvalue weighted by atomic mass is 9.88. The molecule has 5 nitrogen and oxygen atoms in total. The number of Topliss-reactive ketones (excluding diaryl/α,β-unsaturated/α-hetero) is 1. The first-order chi connectivity index (χ1) is 18.1. The van der Waals surface area contributed by atoms with E-state index in [1.807, 2.05) is 6.20 Å². The molecule has 2 heterocycles. The number of ketones is 1. The van der Waals surface area contributed by atoms with E-state index < -0.39 is 5.60 Å². The predicted octanol–water partition coefficient (Wildman–Crippen LogP) is 6.63. The van der Waals surface area contributed by atoms with Gasteiger partial charge in [-0.05, 0) is 117 Å². The van der Waals surface area contributed by atoms with Gasteiger partial charge in [-0.1, -0.05) is 18.2 Å².